The fraction of sp³-hybridized carbons (Fsp3) is 0. The van der Waals surface area contributed by atoms with Crippen LogP contribution in [0.5, 0.6) is 0 Å². The Labute approximate surface area is 444 Å². The van der Waals surface area contributed by atoms with Gasteiger partial charge in [0, 0.05) is 10.8 Å². The van der Waals surface area contributed by atoms with Crippen LogP contribution in [-0.2, 0) is 0 Å². The first-order valence-corrected chi connectivity index (χ1v) is 21.9. The van der Waals surface area contributed by atoms with Gasteiger partial charge in [-0.2, -0.15) is 0 Å². The Morgan fingerprint density at radius 3 is 1.00 bits per heavy atom. The van der Waals surface area contributed by atoms with Crippen molar-refractivity contribution >= 4 is 355 Å². The molecule has 0 aliphatic carbocycles. The van der Waals surface area contributed by atoms with E-state index >= 15 is 0 Å². The first-order valence-electron chi connectivity index (χ1n) is 21.9. The van der Waals surface area contributed by atoms with Crippen molar-refractivity contribution in [3.63, 3.8) is 0 Å². The number of hydrogen-bond acceptors (Lipinski definition) is 1. The van der Waals surface area contributed by atoms with Crippen molar-refractivity contribution in [3.8, 4) is 33.4 Å². The summed E-state index contributed by atoms with van der Waals surface area (Å²) >= 11 is 0. The predicted molar refractivity (Wildman–Crippen MR) is 331 cm³/mol. The largest absolute Gasteiger partial charge is 0.456 e. The molecule has 0 atom stereocenters. The number of fused-ring (bicyclic) bond motifs is 9. The second-order valence-electron chi connectivity index (χ2n) is 18.1. The van der Waals surface area contributed by atoms with Gasteiger partial charge in [0.25, 0.3) is 0 Å². The van der Waals surface area contributed by atoms with Crippen LogP contribution in [0.1, 0.15) is 0 Å². The summed E-state index contributed by atoms with van der Waals surface area (Å²) in [5.74, 6) is 0. The van der Waals surface area contributed by atoms with Crippen molar-refractivity contribution in [1.29, 1.82) is 0 Å². The van der Waals surface area contributed by atoms with E-state index in [0.29, 0.717) is 22.3 Å². The number of rotatable bonds is 3. The van der Waals surface area contributed by atoms with Crippen molar-refractivity contribution < 1.29 is 4.42 Å². The summed E-state index contributed by atoms with van der Waals surface area (Å²) in [5.41, 5.74) is 0.292. The van der Waals surface area contributed by atoms with Crippen molar-refractivity contribution in [2.75, 3.05) is 0 Å². The van der Waals surface area contributed by atoms with Gasteiger partial charge >= 0.3 is 0 Å². The lowest BCUT2D eigenvalue weighted by molar-refractivity contribution is 0.669. The lowest BCUT2D eigenvalue weighted by Gasteiger charge is -2.33. The second-order valence-corrected chi connectivity index (χ2v) is 18.1. The molecule has 278 valence electrons. The first kappa shape index (κ1) is 48.9. The minimum Gasteiger partial charge on any atom is -0.456 e. The van der Waals surface area contributed by atoms with Gasteiger partial charge in [-0.05, 0) is 112 Å². The van der Waals surface area contributed by atoms with Crippen LogP contribution in [0.2, 0.25) is 0 Å². The lowest BCUT2D eigenvalue weighted by Crippen LogP contribution is -2.52. The average Bonchev–Trinajstić information content (AvgIpc) is 3.72. The number of benzene rings is 10. The quantitative estimate of drug-likeness (QED) is 0.0980. The minimum absolute atomic E-state index is 0.0132. The maximum Gasteiger partial charge on any atom is 0.136 e. The van der Waals surface area contributed by atoms with E-state index in [1.165, 1.54) is 0 Å². The highest BCUT2D eigenvalue weighted by Crippen LogP contribution is 2.42. The van der Waals surface area contributed by atoms with Gasteiger partial charge in [0.2, 0.25) is 0 Å². The zero-order chi connectivity index (χ0) is 51.7. The number of hydrogen-bond donors (Lipinski definition) is 0. The van der Waals surface area contributed by atoms with Crippen LogP contribution in [-0.4, -0.2) is 165 Å². The molecular formula is C50H9B21O. The number of furan rings is 1. The SMILES string of the molecule is [B]c1c([B])c(-c2c3c([B])c([B])c([B])c([B])c3c(-c3c([B])c4c([B])c([B])c([B])c([B])c4c4c([B])c([B])c([B])c([B])c34)c3c([B])c([B])c([B])c([B])c23)c([B])c([B])c1-c1ccc2c(c1)oc1cc3ccccc3cc12. The highest BCUT2D eigenvalue weighted by molar-refractivity contribution is 6.77. The van der Waals surface area contributed by atoms with E-state index in [4.69, 9.17) is 169 Å². The Morgan fingerprint density at radius 1 is 0.222 bits per heavy atom. The fourth-order valence-electron chi connectivity index (χ4n) is 10.7. The van der Waals surface area contributed by atoms with Crippen molar-refractivity contribution in [2.24, 2.45) is 0 Å². The molecule has 1 heterocycles. The molecule has 0 N–H and O–H groups in total. The maximum atomic E-state index is 7.36. The molecule has 1 nitrogen and oxygen atoms in total. The van der Waals surface area contributed by atoms with Gasteiger partial charge in [0.1, 0.15) is 176 Å². The Bertz CT molecular complexity index is 4300. The Hall–Kier alpha value is -5.34. The summed E-state index contributed by atoms with van der Waals surface area (Å²) in [6, 6.07) is 17.6. The average molecular weight is 853 g/mol. The van der Waals surface area contributed by atoms with E-state index < -0.39 is 0 Å². The molecule has 42 radical (unpaired) electrons. The van der Waals surface area contributed by atoms with E-state index in [-0.39, 0.29) is 180 Å². The third-order valence-electron chi connectivity index (χ3n) is 14.5. The van der Waals surface area contributed by atoms with Crippen molar-refractivity contribution in [1.82, 2.24) is 0 Å². The standard InChI is InChI=1S/C50H9B21O/c51-30-20(25-26(38(59)48(69)47(68)37(25)58)27-29(30)42(63)50(71)49(70)39(27)60)18-21-23(35(56)45(66)43(64)33(21)54)19(24-22(18)34(55)44(65)46(67)36(24)57)28-40(61)31(52)17(32(53)41(28)62)12-5-6-13-14-7-10-3-1-2-4-11(10)8-16(14)72-15(13)9-12/h1-9H. The third-order valence-corrected chi connectivity index (χ3v) is 14.5. The molecule has 11 rings (SSSR count). The zero-order valence-electron chi connectivity index (χ0n) is 38.2. The van der Waals surface area contributed by atoms with E-state index in [1.54, 1.807) is 0 Å². The smallest absolute Gasteiger partial charge is 0.136 e. The lowest BCUT2D eigenvalue weighted by atomic mass is 9.56. The summed E-state index contributed by atoms with van der Waals surface area (Å²) in [6.07, 6.45) is 0. The molecule has 0 aliphatic rings. The Kier molecular flexibility index (Phi) is 11.4. The molecule has 0 saturated carbocycles. The van der Waals surface area contributed by atoms with Crippen molar-refractivity contribution in [2.45, 2.75) is 0 Å². The van der Waals surface area contributed by atoms with Gasteiger partial charge in [0.05, 0.1) is 0 Å². The van der Waals surface area contributed by atoms with Crippen LogP contribution in [0.3, 0.4) is 0 Å². The van der Waals surface area contributed by atoms with Gasteiger partial charge in [-0.25, -0.2) is 0 Å². The van der Waals surface area contributed by atoms with Gasteiger partial charge in [-0.1, -0.05) is 101 Å². The molecule has 22 heteroatoms. The molecule has 0 spiro atoms. The van der Waals surface area contributed by atoms with Crippen LogP contribution < -0.4 is 115 Å². The summed E-state index contributed by atoms with van der Waals surface area (Å²) < 4.78 is 6.40. The Morgan fingerprint density at radius 2 is 0.556 bits per heavy atom. The predicted octanol–water partition coefficient (Wildman–Crippen LogP) is -11.0. The van der Waals surface area contributed by atoms with Crippen LogP contribution in [0, 0.1) is 0 Å². The van der Waals surface area contributed by atoms with Crippen LogP contribution in [0.15, 0.2) is 59.0 Å². The van der Waals surface area contributed by atoms with Crippen molar-refractivity contribution in [3.05, 3.63) is 54.6 Å². The maximum absolute atomic E-state index is 7.36. The van der Waals surface area contributed by atoms with E-state index in [2.05, 4.69) is 6.07 Å². The molecule has 0 aliphatic heterocycles. The molecule has 0 saturated heterocycles. The van der Waals surface area contributed by atoms with Gasteiger partial charge in [0.15, 0.2) is 0 Å². The molecule has 0 bridgehead atoms. The van der Waals surface area contributed by atoms with E-state index in [1.807, 2.05) is 48.5 Å². The highest BCUT2D eigenvalue weighted by atomic mass is 16.3. The molecular weight excluding hydrogens is 844 g/mol. The highest BCUT2D eigenvalue weighted by Gasteiger charge is 2.30. The normalized spacial score (nSPS) is 11.9. The van der Waals surface area contributed by atoms with Gasteiger partial charge in [-0.15, -0.1) is 43.7 Å². The summed E-state index contributed by atoms with van der Waals surface area (Å²) in [5, 5.41) is 4.53. The molecule has 0 fully saturated rings. The van der Waals surface area contributed by atoms with Gasteiger partial charge in [-0.3, -0.25) is 0 Å². The summed E-state index contributed by atoms with van der Waals surface area (Å²) in [4.78, 5) is 0. The summed E-state index contributed by atoms with van der Waals surface area (Å²) in [7, 11) is 145. The van der Waals surface area contributed by atoms with Crippen LogP contribution in [0.25, 0.3) is 109 Å². The molecule has 1 aromatic heterocycles. The summed E-state index contributed by atoms with van der Waals surface area (Å²) in [6.45, 7) is 0. The molecule has 0 unspecified atom stereocenters. The molecule has 0 amide bonds. The molecule has 72 heavy (non-hydrogen) atoms. The van der Waals surface area contributed by atoms with E-state index in [0.717, 1.165) is 21.5 Å². The third kappa shape index (κ3) is 6.38. The van der Waals surface area contributed by atoms with Gasteiger partial charge < -0.3 is 4.42 Å². The Balaban J connectivity index is 1.34. The zero-order valence-corrected chi connectivity index (χ0v) is 38.2. The first-order chi connectivity index (χ1) is 34.0. The van der Waals surface area contributed by atoms with Crippen LogP contribution >= 0.6 is 0 Å². The minimum atomic E-state index is -0.147. The second kappa shape index (κ2) is 16.8. The topological polar surface area (TPSA) is 13.1 Å². The fourth-order valence-corrected chi connectivity index (χ4v) is 10.7. The van der Waals surface area contributed by atoms with E-state index in [9.17, 15) is 0 Å². The molecule has 11 aromatic rings. The monoisotopic (exact) mass is 856 g/mol. The van der Waals surface area contributed by atoms with Crippen LogP contribution in [0.4, 0.5) is 0 Å². The molecule has 10 aromatic carbocycles.